The molecule has 1 aromatic rings. The molecule has 5 heteroatoms. The molecule has 0 aliphatic carbocycles. The minimum absolute atomic E-state index is 0.222. The number of thiol groups is 1. The average Bonchev–Trinajstić information content (AvgIpc) is 2.08. The van der Waals surface area contributed by atoms with E-state index in [9.17, 15) is 4.39 Å². The molecule has 0 amide bonds. The van der Waals surface area contributed by atoms with Crippen molar-refractivity contribution in [2.75, 3.05) is 0 Å². The molecule has 0 aliphatic heterocycles. The van der Waals surface area contributed by atoms with Crippen molar-refractivity contribution in [1.29, 1.82) is 0 Å². The lowest BCUT2D eigenvalue weighted by molar-refractivity contribution is 0.617. The first-order chi connectivity index (χ1) is 5.65. The Kier molecular flexibility index (Phi) is 3.22. The zero-order valence-corrected chi connectivity index (χ0v) is 8.73. The largest absolute Gasteiger partial charge is 0.237 e. The van der Waals surface area contributed by atoms with Gasteiger partial charge in [-0.1, -0.05) is 0 Å². The SMILES string of the molecule is CC(=NS)c1nc(Br)ccc1F. The molecule has 0 saturated heterocycles. The number of hydrogen-bond acceptors (Lipinski definition) is 3. The number of halogens is 2. The van der Waals surface area contributed by atoms with Gasteiger partial charge in [-0.2, -0.15) is 0 Å². The lowest BCUT2D eigenvalue weighted by Crippen LogP contribution is -2.01. The Morgan fingerprint density at radius 2 is 2.33 bits per heavy atom. The van der Waals surface area contributed by atoms with Crippen LogP contribution in [-0.2, 0) is 0 Å². The van der Waals surface area contributed by atoms with Gasteiger partial charge in [0.1, 0.15) is 10.3 Å². The van der Waals surface area contributed by atoms with E-state index in [0.29, 0.717) is 10.3 Å². The van der Waals surface area contributed by atoms with E-state index in [1.807, 2.05) is 0 Å². The van der Waals surface area contributed by atoms with Crippen LogP contribution in [0.2, 0.25) is 0 Å². The molecule has 12 heavy (non-hydrogen) atoms. The molecule has 0 N–H and O–H groups in total. The fourth-order valence-electron chi connectivity index (χ4n) is 0.719. The lowest BCUT2D eigenvalue weighted by Gasteiger charge is -1.99. The molecular formula is C7H6BrFN2S. The molecule has 1 rings (SSSR count). The molecule has 0 fully saturated rings. The normalized spacial score (nSPS) is 11.8. The summed E-state index contributed by atoms with van der Waals surface area (Å²) < 4.78 is 17.1. The summed E-state index contributed by atoms with van der Waals surface area (Å²) in [6.45, 7) is 1.64. The first-order valence-electron chi connectivity index (χ1n) is 3.16. The van der Waals surface area contributed by atoms with Crippen LogP contribution in [0.15, 0.2) is 21.1 Å². The summed E-state index contributed by atoms with van der Waals surface area (Å²) in [7, 11) is 0. The Bertz CT molecular complexity index is 327. The smallest absolute Gasteiger partial charge is 0.150 e. The zero-order chi connectivity index (χ0) is 9.14. The molecule has 1 heterocycles. The predicted molar refractivity (Wildman–Crippen MR) is 53.1 cm³/mol. The van der Waals surface area contributed by atoms with Crippen LogP contribution in [0, 0.1) is 5.82 Å². The van der Waals surface area contributed by atoms with Crippen LogP contribution in [0.25, 0.3) is 0 Å². The van der Waals surface area contributed by atoms with Gasteiger partial charge in [-0.15, -0.1) is 0 Å². The van der Waals surface area contributed by atoms with Gasteiger partial charge in [0.25, 0.3) is 0 Å². The summed E-state index contributed by atoms with van der Waals surface area (Å²) in [4.78, 5) is 3.91. The Morgan fingerprint density at radius 3 is 2.92 bits per heavy atom. The van der Waals surface area contributed by atoms with Gasteiger partial charge in [0.2, 0.25) is 0 Å². The van der Waals surface area contributed by atoms with Crippen molar-refractivity contribution in [3.05, 3.63) is 28.2 Å². The van der Waals surface area contributed by atoms with Crippen LogP contribution in [0.5, 0.6) is 0 Å². The van der Waals surface area contributed by atoms with Crippen LogP contribution in [0.4, 0.5) is 4.39 Å². The van der Waals surface area contributed by atoms with Crippen molar-refractivity contribution in [2.45, 2.75) is 6.92 Å². The number of nitrogens with zero attached hydrogens (tertiary/aromatic N) is 2. The fourth-order valence-corrected chi connectivity index (χ4v) is 1.12. The molecule has 0 atom stereocenters. The Labute approximate surface area is 83.6 Å². The van der Waals surface area contributed by atoms with Gasteiger partial charge in [-0.3, -0.25) is 0 Å². The Morgan fingerprint density at radius 1 is 1.67 bits per heavy atom. The van der Waals surface area contributed by atoms with E-state index >= 15 is 0 Å². The number of aromatic nitrogens is 1. The second kappa shape index (κ2) is 4.00. The third kappa shape index (κ3) is 2.04. The molecule has 0 bridgehead atoms. The first kappa shape index (κ1) is 9.67. The maximum absolute atomic E-state index is 13.0. The number of pyridine rings is 1. The fraction of sp³-hybridized carbons (Fsp3) is 0.143. The highest BCUT2D eigenvalue weighted by Crippen LogP contribution is 2.11. The Balaban J connectivity index is 3.23. The third-order valence-corrected chi connectivity index (χ3v) is 2.05. The molecule has 0 spiro atoms. The maximum atomic E-state index is 13.0. The molecule has 0 aliphatic rings. The zero-order valence-electron chi connectivity index (χ0n) is 6.25. The molecule has 2 nitrogen and oxygen atoms in total. The van der Waals surface area contributed by atoms with Crippen LogP contribution in [0.3, 0.4) is 0 Å². The van der Waals surface area contributed by atoms with E-state index in [2.05, 4.69) is 38.1 Å². The molecule has 0 aromatic carbocycles. The average molecular weight is 249 g/mol. The molecular weight excluding hydrogens is 243 g/mol. The number of rotatable bonds is 1. The lowest BCUT2D eigenvalue weighted by atomic mass is 10.2. The summed E-state index contributed by atoms with van der Waals surface area (Å²) >= 11 is 6.81. The van der Waals surface area contributed by atoms with Crippen LogP contribution >= 0.6 is 28.7 Å². The van der Waals surface area contributed by atoms with Gasteiger partial charge in [-0.05, 0) is 47.8 Å². The summed E-state index contributed by atoms with van der Waals surface area (Å²) in [6, 6.07) is 2.86. The van der Waals surface area contributed by atoms with Crippen molar-refractivity contribution < 1.29 is 4.39 Å². The summed E-state index contributed by atoms with van der Waals surface area (Å²) in [6.07, 6.45) is 0. The van der Waals surface area contributed by atoms with Gasteiger partial charge in [0.15, 0.2) is 5.82 Å². The second-order valence-electron chi connectivity index (χ2n) is 2.15. The van der Waals surface area contributed by atoms with E-state index in [1.54, 1.807) is 6.92 Å². The summed E-state index contributed by atoms with van der Waals surface area (Å²) in [5.74, 6) is -0.395. The van der Waals surface area contributed by atoms with E-state index in [-0.39, 0.29) is 5.69 Å². The van der Waals surface area contributed by atoms with Crippen molar-refractivity contribution in [3.8, 4) is 0 Å². The molecule has 0 unspecified atom stereocenters. The Hall–Kier alpha value is -0.420. The van der Waals surface area contributed by atoms with Crippen molar-refractivity contribution >= 4 is 34.5 Å². The van der Waals surface area contributed by atoms with Crippen LogP contribution in [-0.4, -0.2) is 10.7 Å². The molecule has 64 valence electrons. The minimum atomic E-state index is -0.395. The molecule has 1 aromatic heterocycles. The molecule has 0 saturated carbocycles. The highest BCUT2D eigenvalue weighted by molar-refractivity contribution is 9.10. The number of hydrogen-bond donors (Lipinski definition) is 1. The van der Waals surface area contributed by atoms with Crippen molar-refractivity contribution in [1.82, 2.24) is 4.98 Å². The van der Waals surface area contributed by atoms with Gasteiger partial charge < -0.3 is 0 Å². The van der Waals surface area contributed by atoms with Gasteiger partial charge in [0, 0.05) is 0 Å². The monoisotopic (exact) mass is 248 g/mol. The molecule has 0 radical (unpaired) electrons. The second-order valence-corrected chi connectivity index (χ2v) is 3.16. The van der Waals surface area contributed by atoms with E-state index < -0.39 is 5.82 Å². The van der Waals surface area contributed by atoms with Gasteiger partial charge in [-0.25, -0.2) is 13.8 Å². The topological polar surface area (TPSA) is 25.2 Å². The third-order valence-electron chi connectivity index (χ3n) is 1.30. The van der Waals surface area contributed by atoms with Crippen LogP contribution < -0.4 is 0 Å². The quantitative estimate of drug-likeness (QED) is 0.462. The van der Waals surface area contributed by atoms with E-state index in [1.165, 1.54) is 12.1 Å². The van der Waals surface area contributed by atoms with Crippen LogP contribution in [0.1, 0.15) is 12.6 Å². The van der Waals surface area contributed by atoms with E-state index in [0.717, 1.165) is 0 Å². The predicted octanol–water partition coefficient (Wildman–Crippen LogP) is 2.64. The highest BCUT2D eigenvalue weighted by Gasteiger charge is 2.06. The van der Waals surface area contributed by atoms with Crippen molar-refractivity contribution in [2.24, 2.45) is 4.40 Å². The first-order valence-corrected chi connectivity index (χ1v) is 4.35. The minimum Gasteiger partial charge on any atom is -0.237 e. The van der Waals surface area contributed by atoms with Gasteiger partial charge >= 0.3 is 0 Å². The van der Waals surface area contributed by atoms with Gasteiger partial charge in [0.05, 0.1) is 5.71 Å². The summed E-state index contributed by atoms with van der Waals surface area (Å²) in [5.41, 5.74) is 0.677. The standard InChI is InChI=1S/C7H6BrFN2S/c1-4(11-12)7-5(9)2-3-6(8)10-7/h2-3,12H,1H3. The summed E-state index contributed by atoms with van der Waals surface area (Å²) in [5, 5.41) is 0. The van der Waals surface area contributed by atoms with Crippen molar-refractivity contribution in [3.63, 3.8) is 0 Å². The highest BCUT2D eigenvalue weighted by atomic mass is 79.9. The maximum Gasteiger partial charge on any atom is 0.150 e. The van der Waals surface area contributed by atoms with E-state index in [4.69, 9.17) is 0 Å².